The maximum atomic E-state index is 10.7. The van der Waals surface area contributed by atoms with E-state index in [-0.39, 0.29) is 0 Å². The van der Waals surface area contributed by atoms with Crippen LogP contribution in [0.1, 0.15) is 63.6 Å². The lowest BCUT2D eigenvalue weighted by molar-refractivity contribution is 0.179. The van der Waals surface area contributed by atoms with Gasteiger partial charge < -0.3 is 14.7 Å². The van der Waals surface area contributed by atoms with Gasteiger partial charge in [0.1, 0.15) is 6.61 Å². The number of phenolic OH excluding ortho intramolecular Hbond substituents is 1. The normalized spacial score (nSPS) is 15.5. The van der Waals surface area contributed by atoms with Crippen molar-refractivity contribution >= 4 is 0 Å². The summed E-state index contributed by atoms with van der Waals surface area (Å²) in [6.07, 6.45) is 5.46. The second-order valence-electron chi connectivity index (χ2n) is 7.26. The molecule has 2 aromatic carbocycles. The number of benzene rings is 2. The van der Waals surface area contributed by atoms with Crippen molar-refractivity contribution in [2.24, 2.45) is 0 Å². The third-order valence-corrected chi connectivity index (χ3v) is 5.30. The summed E-state index contributed by atoms with van der Waals surface area (Å²) in [6, 6.07) is 14.8. The topological polar surface area (TPSA) is 32.7 Å². The standard InChI is InChI=1S/C23H31NO2.C2H6/c1-3-14-24(15-4-2)20-11-12-21-19(16-20)10-13-22(23(21)25)26-17-18-8-6-5-7-9-18;1-2/h5-10,13,20,25H,3-4,11-12,14-17H2,1-2H3;1-2H3. The minimum absolute atomic E-state index is 0.342. The van der Waals surface area contributed by atoms with Crippen molar-refractivity contribution in [1.82, 2.24) is 4.90 Å². The van der Waals surface area contributed by atoms with Crippen molar-refractivity contribution in [3.05, 3.63) is 59.2 Å². The summed E-state index contributed by atoms with van der Waals surface area (Å²) >= 11 is 0. The summed E-state index contributed by atoms with van der Waals surface area (Å²) in [5, 5.41) is 10.7. The Morgan fingerprint density at radius 1 is 1.00 bits per heavy atom. The smallest absolute Gasteiger partial charge is 0.161 e. The molecule has 28 heavy (non-hydrogen) atoms. The number of aromatic hydroxyl groups is 1. The average molecular weight is 384 g/mol. The van der Waals surface area contributed by atoms with Gasteiger partial charge in [0.05, 0.1) is 0 Å². The number of ether oxygens (including phenoxy) is 1. The highest BCUT2D eigenvalue weighted by Gasteiger charge is 2.26. The lowest BCUT2D eigenvalue weighted by Crippen LogP contribution is -2.40. The number of phenols is 1. The summed E-state index contributed by atoms with van der Waals surface area (Å²) in [5.74, 6) is 0.944. The van der Waals surface area contributed by atoms with Crippen LogP contribution >= 0.6 is 0 Å². The molecule has 1 aliphatic rings. The lowest BCUT2D eigenvalue weighted by atomic mass is 9.86. The summed E-state index contributed by atoms with van der Waals surface area (Å²) in [4.78, 5) is 2.62. The second-order valence-corrected chi connectivity index (χ2v) is 7.26. The van der Waals surface area contributed by atoms with Crippen molar-refractivity contribution in [3.8, 4) is 11.5 Å². The largest absolute Gasteiger partial charge is 0.504 e. The van der Waals surface area contributed by atoms with Gasteiger partial charge in [-0.2, -0.15) is 0 Å². The molecule has 3 rings (SSSR count). The number of hydrogen-bond donors (Lipinski definition) is 1. The monoisotopic (exact) mass is 383 g/mol. The van der Waals surface area contributed by atoms with E-state index in [0.717, 1.165) is 43.5 Å². The van der Waals surface area contributed by atoms with Crippen molar-refractivity contribution in [2.45, 2.75) is 72.4 Å². The third-order valence-electron chi connectivity index (χ3n) is 5.30. The first kappa shape index (κ1) is 22.3. The molecular formula is C25H37NO2. The van der Waals surface area contributed by atoms with Crippen molar-refractivity contribution < 1.29 is 9.84 Å². The second kappa shape index (κ2) is 11.8. The zero-order chi connectivity index (χ0) is 20.4. The van der Waals surface area contributed by atoms with E-state index in [1.807, 2.05) is 50.2 Å². The molecule has 0 radical (unpaired) electrons. The van der Waals surface area contributed by atoms with Gasteiger partial charge in [0.15, 0.2) is 11.5 Å². The Kier molecular flexibility index (Phi) is 9.36. The average Bonchev–Trinajstić information content (AvgIpc) is 2.75. The van der Waals surface area contributed by atoms with E-state index in [1.54, 1.807) is 0 Å². The number of fused-ring (bicyclic) bond motifs is 1. The van der Waals surface area contributed by atoms with Crippen LogP contribution in [-0.4, -0.2) is 29.1 Å². The molecule has 1 unspecified atom stereocenters. The Balaban J connectivity index is 0.00000136. The molecule has 0 amide bonds. The predicted molar refractivity (Wildman–Crippen MR) is 118 cm³/mol. The quantitative estimate of drug-likeness (QED) is 0.609. The molecule has 0 saturated heterocycles. The zero-order valence-corrected chi connectivity index (χ0v) is 18.1. The van der Waals surface area contributed by atoms with Gasteiger partial charge >= 0.3 is 0 Å². The van der Waals surface area contributed by atoms with Crippen LogP contribution in [-0.2, 0) is 19.4 Å². The van der Waals surface area contributed by atoms with Crippen LogP contribution in [0.2, 0.25) is 0 Å². The van der Waals surface area contributed by atoms with E-state index in [4.69, 9.17) is 4.74 Å². The molecule has 1 atom stereocenters. The van der Waals surface area contributed by atoms with E-state index in [9.17, 15) is 5.11 Å². The highest BCUT2D eigenvalue weighted by molar-refractivity contribution is 5.51. The Morgan fingerprint density at radius 2 is 1.68 bits per heavy atom. The Labute approximate surface area is 171 Å². The summed E-state index contributed by atoms with van der Waals surface area (Å²) in [5.41, 5.74) is 3.47. The number of hydrogen-bond acceptors (Lipinski definition) is 3. The van der Waals surface area contributed by atoms with Crippen molar-refractivity contribution in [2.75, 3.05) is 13.1 Å². The van der Waals surface area contributed by atoms with Crippen LogP contribution in [0.3, 0.4) is 0 Å². The van der Waals surface area contributed by atoms with E-state index >= 15 is 0 Å². The fourth-order valence-corrected chi connectivity index (χ4v) is 4.01. The summed E-state index contributed by atoms with van der Waals surface area (Å²) in [6.45, 7) is 11.3. The number of nitrogens with zero attached hydrogens (tertiary/aromatic N) is 1. The van der Waals surface area contributed by atoms with Gasteiger partial charge in [-0.05, 0) is 62.4 Å². The first-order valence-corrected chi connectivity index (χ1v) is 11.0. The van der Waals surface area contributed by atoms with Crippen LogP contribution in [0, 0.1) is 0 Å². The number of rotatable bonds is 8. The highest BCUT2D eigenvalue weighted by Crippen LogP contribution is 2.38. The van der Waals surface area contributed by atoms with Gasteiger partial charge in [-0.1, -0.05) is 64.1 Å². The highest BCUT2D eigenvalue weighted by atomic mass is 16.5. The Bertz CT molecular complexity index is 693. The molecule has 0 fully saturated rings. The van der Waals surface area contributed by atoms with Gasteiger partial charge in [0.25, 0.3) is 0 Å². The molecule has 0 bridgehead atoms. The fraction of sp³-hybridized carbons (Fsp3) is 0.520. The van der Waals surface area contributed by atoms with Gasteiger partial charge in [-0.25, -0.2) is 0 Å². The van der Waals surface area contributed by atoms with Gasteiger partial charge in [0, 0.05) is 11.6 Å². The van der Waals surface area contributed by atoms with Crippen LogP contribution < -0.4 is 4.74 Å². The molecule has 0 spiro atoms. The Morgan fingerprint density at radius 3 is 2.32 bits per heavy atom. The van der Waals surface area contributed by atoms with E-state index in [0.29, 0.717) is 24.1 Å². The molecule has 3 nitrogen and oxygen atoms in total. The first-order valence-electron chi connectivity index (χ1n) is 11.0. The maximum Gasteiger partial charge on any atom is 0.161 e. The van der Waals surface area contributed by atoms with Crippen molar-refractivity contribution in [3.63, 3.8) is 0 Å². The molecule has 0 heterocycles. The summed E-state index contributed by atoms with van der Waals surface area (Å²) in [7, 11) is 0. The molecule has 2 aromatic rings. The molecule has 0 aromatic heterocycles. The third kappa shape index (κ3) is 5.75. The summed E-state index contributed by atoms with van der Waals surface area (Å²) < 4.78 is 5.88. The molecule has 0 aliphatic heterocycles. The molecular weight excluding hydrogens is 346 g/mol. The van der Waals surface area contributed by atoms with Crippen molar-refractivity contribution in [1.29, 1.82) is 0 Å². The molecule has 1 aliphatic carbocycles. The first-order chi connectivity index (χ1) is 13.7. The molecule has 1 N–H and O–H groups in total. The lowest BCUT2D eigenvalue weighted by Gasteiger charge is -2.35. The minimum Gasteiger partial charge on any atom is -0.504 e. The van der Waals surface area contributed by atoms with Crippen LogP contribution in [0.15, 0.2) is 42.5 Å². The predicted octanol–water partition coefficient (Wildman–Crippen LogP) is 5.98. The van der Waals surface area contributed by atoms with E-state index in [1.165, 1.54) is 18.4 Å². The molecule has 0 saturated carbocycles. The van der Waals surface area contributed by atoms with E-state index < -0.39 is 0 Å². The van der Waals surface area contributed by atoms with Gasteiger partial charge in [-0.15, -0.1) is 0 Å². The van der Waals surface area contributed by atoms with Gasteiger partial charge in [0.2, 0.25) is 0 Å². The van der Waals surface area contributed by atoms with Crippen LogP contribution in [0.25, 0.3) is 0 Å². The SMILES string of the molecule is CC.CCCN(CCC)C1CCc2c(ccc(OCc3ccccc3)c2O)C1. The minimum atomic E-state index is 0.342. The fourth-order valence-electron chi connectivity index (χ4n) is 4.01. The van der Waals surface area contributed by atoms with E-state index in [2.05, 4.69) is 24.8 Å². The zero-order valence-electron chi connectivity index (χ0n) is 18.1. The Hall–Kier alpha value is -2.00. The maximum absolute atomic E-state index is 10.7. The molecule has 154 valence electrons. The van der Waals surface area contributed by atoms with Crippen LogP contribution in [0.4, 0.5) is 0 Å². The molecule has 3 heteroatoms. The van der Waals surface area contributed by atoms with Gasteiger partial charge in [-0.3, -0.25) is 0 Å². The van der Waals surface area contributed by atoms with Crippen LogP contribution in [0.5, 0.6) is 11.5 Å².